The highest BCUT2D eigenvalue weighted by Gasteiger charge is 2.16. The van der Waals surface area contributed by atoms with Gasteiger partial charge < -0.3 is 9.47 Å². The molecule has 0 aliphatic carbocycles. The molecule has 0 aliphatic rings. The quantitative estimate of drug-likeness (QED) is 0.331. The summed E-state index contributed by atoms with van der Waals surface area (Å²) in [6, 6.07) is 15.9. The molecule has 0 radical (unpaired) electrons. The van der Waals surface area contributed by atoms with Gasteiger partial charge in [-0.15, -0.1) is 0 Å². The molecule has 152 valence electrons. The normalized spacial score (nSPS) is 11.0. The third-order valence-corrected chi connectivity index (χ3v) is 5.71. The molecule has 4 aromatic rings. The van der Waals surface area contributed by atoms with Gasteiger partial charge in [-0.25, -0.2) is 4.39 Å². The van der Waals surface area contributed by atoms with Gasteiger partial charge in [-0.05, 0) is 36.2 Å². The number of aryl methyl sites for hydroxylation is 1. The maximum atomic E-state index is 13.5. The Labute approximate surface area is 184 Å². The van der Waals surface area contributed by atoms with E-state index in [1.807, 2.05) is 31.2 Å². The number of nitrogens with zero attached hydrogens (tertiary/aromatic N) is 1. The molecule has 3 aromatic carbocycles. The van der Waals surface area contributed by atoms with E-state index in [1.165, 1.54) is 19.2 Å². The van der Waals surface area contributed by atoms with E-state index >= 15 is 0 Å². The smallest absolute Gasteiger partial charge is 0.139 e. The molecule has 0 N–H and O–H groups in total. The second-order valence-corrected chi connectivity index (χ2v) is 7.60. The molecule has 1 aromatic heterocycles. The van der Waals surface area contributed by atoms with Gasteiger partial charge in [0.25, 0.3) is 0 Å². The van der Waals surface area contributed by atoms with Crippen molar-refractivity contribution in [2.24, 2.45) is 0 Å². The zero-order valence-corrected chi connectivity index (χ0v) is 18.1. The molecule has 0 saturated heterocycles. The van der Waals surface area contributed by atoms with Crippen molar-refractivity contribution >= 4 is 34.1 Å². The summed E-state index contributed by atoms with van der Waals surface area (Å²) in [6.07, 6.45) is 0. The van der Waals surface area contributed by atoms with Crippen molar-refractivity contribution < 1.29 is 13.9 Å². The molecule has 1 heterocycles. The molecule has 0 aliphatic heterocycles. The molecule has 4 rings (SSSR count). The molecule has 0 bridgehead atoms. The number of ether oxygens (including phenoxy) is 2. The fourth-order valence-electron chi connectivity index (χ4n) is 3.55. The predicted octanol–water partition coefficient (Wildman–Crippen LogP) is 7.34. The number of hydrogen-bond acceptors (Lipinski definition) is 3. The van der Waals surface area contributed by atoms with Crippen LogP contribution in [0.15, 0.2) is 54.6 Å². The van der Waals surface area contributed by atoms with Gasteiger partial charge >= 0.3 is 0 Å². The monoisotopic (exact) mass is 441 g/mol. The lowest BCUT2D eigenvalue weighted by Gasteiger charge is -2.14. The molecule has 6 heteroatoms. The van der Waals surface area contributed by atoms with Crippen LogP contribution < -0.4 is 9.47 Å². The Morgan fingerprint density at radius 1 is 0.833 bits per heavy atom. The van der Waals surface area contributed by atoms with E-state index in [-0.39, 0.29) is 5.82 Å². The Morgan fingerprint density at radius 2 is 1.50 bits per heavy atom. The molecule has 30 heavy (non-hydrogen) atoms. The number of methoxy groups -OCH3 is 2. The first kappa shape index (κ1) is 20.5. The molecular formula is C24H18Cl2FNO2. The van der Waals surface area contributed by atoms with E-state index in [4.69, 9.17) is 37.7 Å². The van der Waals surface area contributed by atoms with Gasteiger partial charge in [0.05, 0.1) is 29.8 Å². The van der Waals surface area contributed by atoms with Crippen LogP contribution in [0.1, 0.15) is 5.69 Å². The van der Waals surface area contributed by atoms with Crippen LogP contribution >= 0.6 is 23.2 Å². The summed E-state index contributed by atoms with van der Waals surface area (Å²) >= 11 is 13.1. The average Bonchev–Trinajstić information content (AvgIpc) is 2.74. The molecule has 0 saturated carbocycles. The van der Waals surface area contributed by atoms with Gasteiger partial charge in [0.1, 0.15) is 17.3 Å². The van der Waals surface area contributed by atoms with Crippen LogP contribution in [0.3, 0.4) is 0 Å². The lowest BCUT2D eigenvalue weighted by Crippen LogP contribution is -1.94. The molecule has 3 nitrogen and oxygen atoms in total. The molecule has 0 atom stereocenters. The van der Waals surface area contributed by atoms with Crippen molar-refractivity contribution in [3.05, 3.63) is 76.2 Å². The first-order valence-corrected chi connectivity index (χ1v) is 9.96. The minimum atomic E-state index is -0.341. The maximum absolute atomic E-state index is 13.5. The number of rotatable bonds is 4. The highest BCUT2D eigenvalue weighted by Crippen LogP contribution is 2.40. The summed E-state index contributed by atoms with van der Waals surface area (Å²) in [4.78, 5) is 4.70. The van der Waals surface area contributed by atoms with Crippen LogP contribution in [0.2, 0.25) is 10.0 Å². The van der Waals surface area contributed by atoms with E-state index in [0.29, 0.717) is 21.5 Å². The van der Waals surface area contributed by atoms with Crippen molar-refractivity contribution in [2.75, 3.05) is 14.2 Å². The van der Waals surface area contributed by atoms with Crippen LogP contribution in [0, 0.1) is 12.7 Å². The highest BCUT2D eigenvalue weighted by molar-refractivity contribution is 6.39. The fraction of sp³-hybridized carbons (Fsp3) is 0.125. The van der Waals surface area contributed by atoms with Crippen molar-refractivity contribution in [1.29, 1.82) is 0 Å². The van der Waals surface area contributed by atoms with Gasteiger partial charge in [-0.2, -0.15) is 0 Å². The third-order valence-electron chi connectivity index (χ3n) is 5.02. The Kier molecular flexibility index (Phi) is 5.54. The number of hydrogen-bond donors (Lipinski definition) is 0. The van der Waals surface area contributed by atoms with Crippen LogP contribution in [-0.2, 0) is 0 Å². The summed E-state index contributed by atoms with van der Waals surface area (Å²) in [7, 11) is 3.09. The molecule has 0 fully saturated rings. The summed E-state index contributed by atoms with van der Waals surface area (Å²) in [5.74, 6) is 0.692. The van der Waals surface area contributed by atoms with Gasteiger partial charge in [0, 0.05) is 34.3 Å². The number of aromatic nitrogens is 1. The Balaban J connectivity index is 1.81. The summed E-state index contributed by atoms with van der Waals surface area (Å²) in [6.45, 7) is 1.92. The van der Waals surface area contributed by atoms with Gasteiger partial charge in [-0.3, -0.25) is 4.98 Å². The van der Waals surface area contributed by atoms with Gasteiger partial charge in [-0.1, -0.05) is 47.5 Å². The Bertz CT molecular complexity index is 1260. The zero-order valence-electron chi connectivity index (χ0n) is 16.6. The van der Waals surface area contributed by atoms with Gasteiger partial charge in [0.15, 0.2) is 0 Å². The predicted molar refractivity (Wildman–Crippen MR) is 120 cm³/mol. The van der Waals surface area contributed by atoms with Gasteiger partial charge in [0.2, 0.25) is 0 Å². The lowest BCUT2D eigenvalue weighted by molar-refractivity contribution is 0.413. The first-order valence-electron chi connectivity index (χ1n) is 9.20. The second kappa shape index (κ2) is 8.13. The van der Waals surface area contributed by atoms with E-state index in [9.17, 15) is 4.39 Å². The van der Waals surface area contributed by atoms with E-state index in [1.54, 1.807) is 25.3 Å². The molecule has 0 unspecified atom stereocenters. The van der Waals surface area contributed by atoms with Crippen LogP contribution in [0.5, 0.6) is 11.5 Å². The SMILES string of the molecule is COc1cc2nc(C)c(-c3ccc(-c4ccc(F)cc4OC)cc3)c(Cl)c2cc1Cl. The topological polar surface area (TPSA) is 31.4 Å². The molecule has 0 spiro atoms. The minimum Gasteiger partial charge on any atom is -0.496 e. The number of benzene rings is 3. The van der Waals surface area contributed by atoms with Crippen molar-refractivity contribution in [3.8, 4) is 33.8 Å². The number of fused-ring (bicyclic) bond motifs is 1. The van der Waals surface area contributed by atoms with E-state index < -0.39 is 0 Å². The summed E-state index contributed by atoms with van der Waals surface area (Å²) < 4.78 is 24.1. The number of halogens is 3. The Morgan fingerprint density at radius 3 is 2.17 bits per heavy atom. The summed E-state index contributed by atoms with van der Waals surface area (Å²) in [5, 5.41) is 1.81. The third kappa shape index (κ3) is 3.57. The van der Waals surface area contributed by atoms with E-state index in [2.05, 4.69) is 0 Å². The van der Waals surface area contributed by atoms with Crippen LogP contribution in [-0.4, -0.2) is 19.2 Å². The van der Waals surface area contributed by atoms with E-state index in [0.717, 1.165) is 38.9 Å². The zero-order chi connectivity index (χ0) is 21.4. The van der Waals surface area contributed by atoms with Crippen molar-refractivity contribution in [1.82, 2.24) is 4.98 Å². The average molecular weight is 442 g/mol. The Hall–Kier alpha value is -2.82. The van der Waals surface area contributed by atoms with Crippen LogP contribution in [0.25, 0.3) is 33.2 Å². The highest BCUT2D eigenvalue weighted by atomic mass is 35.5. The molecular weight excluding hydrogens is 424 g/mol. The largest absolute Gasteiger partial charge is 0.496 e. The second-order valence-electron chi connectivity index (χ2n) is 6.81. The van der Waals surface area contributed by atoms with Crippen molar-refractivity contribution in [2.45, 2.75) is 6.92 Å². The number of pyridine rings is 1. The van der Waals surface area contributed by atoms with Crippen molar-refractivity contribution in [3.63, 3.8) is 0 Å². The summed E-state index contributed by atoms with van der Waals surface area (Å²) in [5.41, 5.74) is 4.99. The first-order chi connectivity index (χ1) is 14.4. The van der Waals surface area contributed by atoms with Crippen LogP contribution in [0.4, 0.5) is 4.39 Å². The standard InChI is InChI=1S/C24H18Cl2FNO2/c1-13-23(24(26)18-11-19(25)22(30-3)12-20(18)28-13)15-6-4-14(5-7-15)17-9-8-16(27)10-21(17)29-2/h4-12H,1-3H3. The minimum absolute atomic E-state index is 0.341. The molecule has 0 amide bonds. The maximum Gasteiger partial charge on any atom is 0.139 e. The lowest BCUT2D eigenvalue weighted by atomic mass is 9.98. The fourth-order valence-corrected chi connectivity index (χ4v) is 4.19.